The number of ether oxygens (including phenoxy) is 1. The Bertz CT molecular complexity index is 1000. The highest BCUT2D eigenvalue weighted by Gasteiger charge is 2.18. The van der Waals surface area contributed by atoms with Crippen molar-refractivity contribution in [3.63, 3.8) is 0 Å². The molecule has 1 N–H and O–H groups in total. The summed E-state index contributed by atoms with van der Waals surface area (Å²) in [5, 5.41) is 18.1. The molecule has 2 aromatic carbocycles. The third kappa shape index (κ3) is 3.57. The van der Waals surface area contributed by atoms with E-state index in [2.05, 4.69) is 28.2 Å². The number of rotatable bonds is 4. The number of aryl methyl sites for hydroxylation is 1. The van der Waals surface area contributed by atoms with Gasteiger partial charge in [-0.15, -0.1) is 5.10 Å². The molecule has 27 heavy (non-hydrogen) atoms. The largest absolute Gasteiger partial charge is 0.505 e. The Morgan fingerprint density at radius 1 is 1.11 bits per heavy atom. The lowest BCUT2D eigenvalue weighted by molar-refractivity contribution is 0.291. The maximum atomic E-state index is 9.71. The molecule has 0 unspecified atom stereocenters. The molecule has 0 fully saturated rings. The molecule has 1 aliphatic rings. The summed E-state index contributed by atoms with van der Waals surface area (Å²) in [6.07, 6.45) is 4.82. The van der Waals surface area contributed by atoms with Gasteiger partial charge in [-0.3, -0.25) is 0 Å². The molecule has 0 bridgehead atoms. The summed E-state index contributed by atoms with van der Waals surface area (Å²) >= 11 is 12.0. The number of phenols is 1. The van der Waals surface area contributed by atoms with Crippen LogP contribution in [-0.2, 0) is 19.4 Å². The molecule has 0 spiro atoms. The summed E-state index contributed by atoms with van der Waals surface area (Å²) in [4.78, 5) is 4.48. The van der Waals surface area contributed by atoms with Gasteiger partial charge in [-0.05, 0) is 61.1 Å². The number of halogens is 2. The fourth-order valence-electron chi connectivity index (χ4n) is 3.38. The van der Waals surface area contributed by atoms with Crippen LogP contribution in [-0.4, -0.2) is 20.3 Å². The minimum Gasteiger partial charge on any atom is -0.505 e. The van der Waals surface area contributed by atoms with Crippen LogP contribution in [0.25, 0.3) is 11.3 Å². The van der Waals surface area contributed by atoms with Gasteiger partial charge >= 0.3 is 0 Å². The zero-order chi connectivity index (χ0) is 19.0. The Balaban J connectivity index is 1.57. The molecule has 0 atom stereocenters. The molecule has 7 heteroatoms. The maximum Gasteiger partial charge on any atom is 0.189 e. The predicted molar refractivity (Wildman–Crippen MR) is 104 cm³/mol. The molecular weight excluding hydrogens is 385 g/mol. The van der Waals surface area contributed by atoms with Gasteiger partial charge in [0.1, 0.15) is 12.4 Å². The quantitative estimate of drug-likeness (QED) is 0.671. The van der Waals surface area contributed by atoms with E-state index in [1.165, 1.54) is 22.9 Å². The van der Waals surface area contributed by atoms with Crippen LogP contribution in [0, 0.1) is 6.92 Å². The Morgan fingerprint density at radius 2 is 1.85 bits per heavy atom. The summed E-state index contributed by atoms with van der Waals surface area (Å²) in [6, 6.07) is 7.28. The van der Waals surface area contributed by atoms with Crippen LogP contribution in [0.4, 0.5) is 0 Å². The number of benzene rings is 2. The zero-order valence-electron chi connectivity index (χ0n) is 14.7. The summed E-state index contributed by atoms with van der Waals surface area (Å²) < 4.78 is 5.99. The average Bonchev–Trinajstić information content (AvgIpc) is 3.16. The van der Waals surface area contributed by atoms with E-state index in [-0.39, 0.29) is 22.4 Å². The van der Waals surface area contributed by atoms with Gasteiger partial charge in [0.15, 0.2) is 11.6 Å². The first-order chi connectivity index (χ1) is 13.0. The average molecular weight is 402 g/mol. The van der Waals surface area contributed by atoms with Crippen molar-refractivity contribution in [1.29, 1.82) is 0 Å². The van der Waals surface area contributed by atoms with Gasteiger partial charge in [0.2, 0.25) is 0 Å². The normalized spacial score (nSPS) is 12.9. The molecule has 0 aliphatic heterocycles. The SMILES string of the molecule is Cc1ccc(OCc2nncc(-c3cc(Cl)c(O)c(Cl)c3)n2)c2c1CCC2. The second-order valence-electron chi connectivity index (χ2n) is 6.53. The van der Waals surface area contributed by atoms with E-state index >= 15 is 0 Å². The van der Waals surface area contributed by atoms with Gasteiger partial charge in [-0.2, -0.15) is 5.10 Å². The van der Waals surface area contributed by atoms with E-state index < -0.39 is 0 Å². The lowest BCUT2D eigenvalue weighted by atomic mass is 10.0. The number of hydrogen-bond acceptors (Lipinski definition) is 5. The van der Waals surface area contributed by atoms with Crippen molar-refractivity contribution in [3.8, 4) is 22.8 Å². The second kappa shape index (κ2) is 7.33. The van der Waals surface area contributed by atoms with Crippen molar-refractivity contribution in [2.45, 2.75) is 32.8 Å². The van der Waals surface area contributed by atoms with Crippen molar-refractivity contribution >= 4 is 23.2 Å². The fourth-order valence-corrected chi connectivity index (χ4v) is 3.87. The smallest absolute Gasteiger partial charge is 0.189 e. The van der Waals surface area contributed by atoms with Gasteiger partial charge in [-0.1, -0.05) is 29.3 Å². The molecule has 0 saturated carbocycles. The second-order valence-corrected chi connectivity index (χ2v) is 7.34. The van der Waals surface area contributed by atoms with Crippen LogP contribution >= 0.6 is 23.2 Å². The first-order valence-corrected chi connectivity index (χ1v) is 9.39. The molecule has 4 rings (SSSR count). The van der Waals surface area contributed by atoms with Crippen molar-refractivity contribution in [2.24, 2.45) is 0 Å². The Labute approximate surface area is 167 Å². The maximum absolute atomic E-state index is 9.71. The first kappa shape index (κ1) is 18.0. The molecule has 3 aromatic rings. The van der Waals surface area contributed by atoms with Gasteiger partial charge in [0.05, 0.1) is 21.9 Å². The van der Waals surface area contributed by atoms with Gasteiger partial charge < -0.3 is 9.84 Å². The van der Waals surface area contributed by atoms with Crippen molar-refractivity contribution in [1.82, 2.24) is 15.2 Å². The number of fused-ring (bicyclic) bond motifs is 1. The standard InChI is InChI=1S/C20H17Cl2N3O2/c1-11-5-6-18(14-4-2-3-13(11)14)27-10-19-24-17(9-23-25-19)12-7-15(21)20(26)16(22)8-12/h5-9,26H,2-4,10H2,1H3. The first-order valence-electron chi connectivity index (χ1n) is 8.64. The monoisotopic (exact) mass is 401 g/mol. The number of aromatic nitrogens is 3. The fraction of sp³-hybridized carbons (Fsp3) is 0.250. The summed E-state index contributed by atoms with van der Waals surface area (Å²) in [5.41, 5.74) is 5.21. The van der Waals surface area contributed by atoms with Gasteiger partial charge in [-0.25, -0.2) is 4.98 Å². The third-order valence-electron chi connectivity index (χ3n) is 4.75. The molecule has 138 valence electrons. The van der Waals surface area contributed by atoms with E-state index in [0.717, 1.165) is 25.0 Å². The van der Waals surface area contributed by atoms with Crippen molar-refractivity contribution < 1.29 is 9.84 Å². The lowest BCUT2D eigenvalue weighted by Crippen LogP contribution is -2.05. The van der Waals surface area contributed by atoms with E-state index in [1.54, 1.807) is 12.1 Å². The van der Waals surface area contributed by atoms with Gasteiger partial charge in [0.25, 0.3) is 0 Å². The Hall–Kier alpha value is -2.37. The highest BCUT2D eigenvalue weighted by atomic mass is 35.5. The molecular formula is C20H17Cl2N3O2. The number of nitrogens with zero attached hydrogens (tertiary/aromatic N) is 3. The van der Waals surface area contributed by atoms with Crippen molar-refractivity contribution in [2.75, 3.05) is 0 Å². The summed E-state index contributed by atoms with van der Waals surface area (Å²) in [7, 11) is 0. The number of hydrogen-bond donors (Lipinski definition) is 1. The van der Waals surface area contributed by atoms with Crippen molar-refractivity contribution in [3.05, 3.63) is 63.0 Å². The van der Waals surface area contributed by atoms with E-state index in [9.17, 15) is 5.11 Å². The van der Waals surface area contributed by atoms with Crippen LogP contribution in [0.1, 0.15) is 28.9 Å². The minimum atomic E-state index is -0.152. The summed E-state index contributed by atoms with van der Waals surface area (Å²) in [6.45, 7) is 2.36. The van der Waals surface area contributed by atoms with Crippen LogP contribution < -0.4 is 4.74 Å². The molecule has 1 aliphatic carbocycles. The topological polar surface area (TPSA) is 68.1 Å². The molecule has 0 amide bonds. The highest BCUT2D eigenvalue weighted by molar-refractivity contribution is 6.37. The van der Waals surface area contributed by atoms with Gasteiger partial charge in [0, 0.05) is 5.56 Å². The minimum absolute atomic E-state index is 0.152. The lowest BCUT2D eigenvalue weighted by Gasteiger charge is -2.12. The van der Waals surface area contributed by atoms with Crippen LogP contribution in [0.3, 0.4) is 0 Å². The van der Waals surface area contributed by atoms with E-state index in [4.69, 9.17) is 27.9 Å². The highest BCUT2D eigenvalue weighted by Crippen LogP contribution is 2.36. The molecule has 0 radical (unpaired) electrons. The molecule has 5 nitrogen and oxygen atoms in total. The molecule has 0 saturated heterocycles. The summed E-state index contributed by atoms with van der Waals surface area (Å²) in [5.74, 6) is 1.19. The number of phenolic OH excluding ortho intramolecular Hbond substituents is 1. The molecule has 1 aromatic heterocycles. The molecule has 1 heterocycles. The van der Waals surface area contributed by atoms with Crippen LogP contribution in [0.15, 0.2) is 30.5 Å². The number of aromatic hydroxyl groups is 1. The zero-order valence-corrected chi connectivity index (χ0v) is 16.2. The Kier molecular flexibility index (Phi) is 4.89. The predicted octanol–water partition coefficient (Wildman–Crippen LogP) is 4.93. The third-order valence-corrected chi connectivity index (χ3v) is 5.32. The Morgan fingerprint density at radius 3 is 2.63 bits per heavy atom. The van der Waals surface area contributed by atoms with Crippen LogP contribution in [0.5, 0.6) is 11.5 Å². The van der Waals surface area contributed by atoms with E-state index in [0.29, 0.717) is 17.1 Å². The van der Waals surface area contributed by atoms with E-state index in [1.807, 2.05) is 6.07 Å². The van der Waals surface area contributed by atoms with Crippen LogP contribution in [0.2, 0.25) is 10.0 Å².